The standard InChI is InChI=1S/C29H30FN3O4/c1-32(2)28-20(16-23-25(36-4)14-15-26(37-5)27(23)31-28)18-33(17-19-10-12-21(35-3)13-11-19)29(34)22-8-6-7-9-24(22)30/h6-16H,17-18H2,1-5H3. The van der Waals surface area contributed by atoms with Crippen LogP contribution in [-0.4, -0.2) is 51.2 Å². The number of rotatable bonds is 9. The first-order valence-electron chi connectivity index (χ1n) is 11.7. The third kappa shape index (κ3) is 5.43. The third-order valence-electron chi connectivity index (χ3n) is 6.11. The number of aromatic nitrogens is 1. The van der Waals surface area contributed by atoms with Gasteiger partial charge in [0.25, 0.3) is 5.91 Å². The van der Waals surface area contributed by atoms with E-state index in [0.717, 1.165) is 16.5 Å². The van der Waals surface area contributed by atoms with Gasteiger partial charge in [0, 0.05) is 38.1 Å². The van der Waals surface area contributed by atoms with Crippen molar-refractivity contribution in [2.75, 3.05) is 40.3 Å². The monoisotopic (exact) mass is 503 g/mol. The highest BCUT2D eigenvalue weighted by Gasteiger charge is 2.23. The summed E-state index contributed by atoms with van der Waals surface area (Å²) in [5.41, 5.74) is 2.32. The van der Waals surface area contributed by atoms with Gasteiger partial charge in [0.2, 0.25) is 0 Å². The van der Waals surface area contributed by atoms with E-state index in [4.69, 9.17) is 19.2 Å². The van der Waals surface area contributed by atoms with E-state index in [-0.39, 0.29) is 18.7 Å². The predicted molar refractivity (Wildman–Crippen MR) is 142 cm³/mol. The molecule has 1 aromatic heterocycles. The maximum Gasteiger partial charge on any atom is 0.257 e. The predicted octanol–water partition coefficient (Wildman–Crippen LogP) is 5.31. The van der Waals surface area contributed by atoms with Crippen molar-refractivity contribution in [1.29, 1.82) is 0 Å². The molecule has 0 spiro atoms. The fourth-order valence-electron chi connectivity index (χ4n) is 4.25. The Bertz CT molecular complexity index is 1410. The lowest BCUT2D eigenvalue weighted by atomic mass is 10.1. The summed E-state index contributed by atoms with van der Waals surface area (Å²) in [5, 5.41) is 0.755. The molecule has 0 aliphatic carbocycles. The highest BCUT2D eigenvalue weighted by Crippen LogP contribution is 2.35. The number of methoxy groups -OCH3 is 3. The maximum atomic E-state index is 14.7. The number of hydrogen-bond acceptors (Lipinski definition) is 6. The van der Waals surface area contributed by atoms with Gasteiger partial charge in [-0.15, -0.1) is 0 Å². The van der Waals surface area contributed by atoms with E-state index >= 15 is 0 Å². The molecule has 0 saturated carbocycles. The number of carbonyl (C=O) groups is 1. The van der Waals surface area contributed by atoms with Crippen LogP contribution in [-0.2, 0) is 13.1 Å². The fraction of sp³-hybridized carbons (Fsp3) is 0.241. The smallest absolute Gasteiger partial charge is 0.257 e. The van der Waals surface area contributed by atoms with Crippen molar-refractivity contribution in [3.63, 3.8) is 0 Å². The summed E-state index contributed by atoms with van der Waals surface area (Å²) in [4.78, 5) is 22.0. The van der Waals surface area contributed by atoms with Crippen molar-refractivity contribution in [2.24, 2.45) is 0 Å². The molecule has 0 N–H and O–H groups in total. The molecule has 7 nitrogen and oxygen atoms in total. The number of carbonyl (C=O) groups excluding carboxylic acids is 1. The Morgan fingerprint density at radius 1 is 0.865 bits per heavy atom. The average Bonchev–Trinajstić information content (AvgIpc) is 2.91. The van der Waals surface area contributed by atoms with E-state index in [2.05, 4.69) is 0 Å². The minimum Gasteiger partial charge on any atom is -0.497 e. The molecular formula is C29H30FN3O4. The van der Waals surface area contributed by atoms with E-state index < -0.39 is 11.7 Å². The van der Waals surface area contributed by atoms with E-state index in [0.29, 0.717) is 28.6 Å². The summed E-state index contributed by atoms with van der Waals surface area (Å²) in [5.74, 6) is 1.64. The summed E-state index contributed by atoms with van der Waals surface area (Å²) in [6.07, 6.45) is 0. The number of halogens is 1. The zero-order valence-corrected chi connectivity index (χ0v) is 21.6. The van der Waals surface area contributed by atoms with Gasteiger partial charge in [-0.05, 0) is 48.0 Å². The normalized spacial score (nSPS) is 10.8. The van der Waals surface area contributed by atoms with Crippen molar-refractivity contribution in [3.05, 3.63) is 89.2 Å². The summed E-state index contributed by atoms with van der Waals surface area (Å²) in [6.45, 7) is 0.452. The number of nitrogens with zero attached hydrogens (tertiary/aromatic N) is 3. The Balaban J connectivity index is 1.82. The summed E-state index contributed by atoms with van der Waals surface area (Å²) in [7, 11) is 8.56. The first-order valence-corrected chi connectivity index (χ1v) is 11.7. The summed E-state index contributed by atoms with van der Waals surface area (Å²) < 4.78 is 31.0. The van der Waals surface area contributed by atoms with Crippen LogP contribution in [0.4, 0.5) is 10.2 Å². The highest BCUT2D eigenvalue weighted by atomic mass is 19.1. The number of anilines is 1. The Morgan fingerprint density at radius 2 is 1.54 bits per heavy atom. The Labute approximate surface area is 216 Å². The quantitative estimate of drug-likeness (QED) is 0.309. The first kappa shape index (κ1) is 25.8. The van der Waals surface area contributed by atoms with Crippen LogP contribution in [0.15, 0.2) is 66.7 Å². The molecule has 0 aliphatic rings. The van der Waals surface area contributed by atoms with Crippen LogP contribution in [0.25, 0.3) is 10.9 Å². The second-order valence-corrected chi connectivity index (χ2v) is 8.72. The van der Waals surface area contributed by atoms with Gasteiger partial charge in [-0.25, -0.2) is 9.37 Å². The highest BCUT2D eigenvalue weighted by molar-refractivity contribution is 5.95. The van der Waals surface area contributed by atoms with Crippen LogP contribution < -0.4 is 19.1 Å². The van der Waals surface area contributed by atoms with Crippen LogP contribution in [0.2, 0.25) is 0 Å². The zero-order valence-electron chi connectivity index (χ0n) is 21.6. The second-order valence-electron chi connectivity index (χ2n) is 8.72. The van der Waals surface area contributed by atoms with Crippen molar-refractivity contribution < 1.29 is 23.4 Å². The molecule has 192 valence electrons. The molecule has 1 amide bonds. The lowest BCUT2D eigenvalue weighted by Gasteiger charge is -2.26. The van der Waals surface area contributed by atoms with Gasteiger partial charge in [-0.2, -0.15) is 0 Å². The minimum absolute atomic E-state index is 0.00964. The largest absolute Gasteiger partial charge is 0.497 e. The van der Waals surface area contributed by atoms with Crippen molar-refractivity contribution in [2.45, 2.75) is 13.1 Å². The molecule has 0 radical (unpaired) electrons. The topological polar surface area (TPSA) is 64.1 Å². The maximum absolute atomic E-state index is 14.7. The van der Waals surface area contributed by atoms with E-state index in [9.17, 15) is 9.18 Å². The van der Waals surface area contributed by atoms with Gasteiger partial charge >= 0.3 is 0 Å². The SMILES string of the molecule is COc1ccc(CN(Cc2cc3c(OC)ccc(OC)c3nc2N(C)C)C(=O)c2ccccc2F)cc1. The molecule has 0 atom stereocenters. The number of fused-ring (bicyclic) bond motifs is 1. The van der Waals surface area contributed by atoms with Crippen molar-refractivity contribution >= 4 is 22.6 Å². The van der Waals surface area contributed by atoms with Gasteiger partial charge < -0.3 is 24.0 Å². The van der Waals surface area contributed by atoms with Crippen LogP contribution in [0.5, 0.6) is 17.2 Å². The van der Waals surface area contributed by atoms with Crippen LogP contribution >= 0.6 is 0 Å². The first-order chi connectivity index (χ1) is 17.9. The van der Waals surface area contributed by atoms with Gasteiger partial charge in [0.15, 0.2) is 0 Å². The number of benzene rings is 3. The van der Waals surface area contributed by atoms with Crippen LogP contribution in [0, 0.1) is 5.82 Å². The van der Waals surface area contributed by atoms with Gasteiger partial charge in [-0.3, -0.25) is 4.79 Å². The van der Waals surface area contributed by atoms with Gasteiger partial charge in [0.05, 0.1) is 26.9 Å². The Hall–Kier alpha value is -4.33. The lowest BCUT2D eigenvalue weighted by Crippen LogP contribution is -2.31. The second kappa shape index (κ2) is 11.2. The van der Waals surface area contributed by atoms with Crippen molar-refractivity contribution in [1.82, 2.24) is 9.88 Å². The molecular weight excluding hydrogens is 473 g/mol. The molecule has 8 heteroatoms. The fourth-order valence-corrected chi connectivity index (χ4v) is 4.25. The van der Waals surface area contributed by atoms with E-state index in [1.807, 2.05) is 61.5 Å². The summed E-state index contributed by atoms with van der Waals surface area (Å²) in [6, 6.07) is 19.0. The number of ether oxygens (including phenoxy) is 3. The van der Waals surface area contributed by atoms with E-state index in [1.54, 1.807) is 38.4 Å². The zero-order chi connectivity index (χ0) is 26.5. The minimum atomic E-state index is -0.567. The van der Waals surface area contributed by atoms with Crippen LogP contribution in [0.1, 0.15) is 21.5 Å². The van der Waals surface area contributed by atoms with Gasteiger partial charge in [0.1, 0.15) is 34.4 Å². The number of hydrogen-bond donors (Lipinski definition) is 0. The molecule has 4 rings (SSSR count). The van der Waals surface area contributed by atoms with E-state index in [1.165, 1.54) is 12.1 Å². The molecule has 0 aliphatic heterocycles. The number of pyridine rings is 1. The molecule has 37 heavy (non-hydrogen) atoms. The lowest BCUT2D eigenvalue weighted by molar-refractivity contribution is 0.0725. The number of amides is 1. The average molecular weight is 504 g/mol. The van der Waals surface area contributed by atoms with Crippen LogP contribution in [0.3, 0.4) is 0 Å². The molecule has 0 bridgehead atoms. The summed E-state index contributed by atoms with van der Waals surface area (Å²) >= 11 is 0. The molecule has 4 aromatic rings. The Morgan fingerprint density at radius 3 is 2.16 bits per heavy atom. The molecule has 0 saturated heterocycles. The third-order valence-corrected chi connectivity index (χ3v) is 6.11. The molecule has 3 aromatic carbocycles. The molecule has 0 fully saturated rings. The van der Waals surface area contributed by atoms with Gasteiger partial charge in [-0.1, -0.05) is 24.3 Å². The van der Waals surface area contributed by atoms with Crippen molar-refractivity contribution in [3.8, 4) is 17.2 Å². The Kier molecular flexibility index (Phi) is 7.77. The molecule has 1 heterocycles. The molecule has 0 unspecified atom stereocenters.